The zero-order chi connectivity index (χ0) is 25.0. The number of rotatable bonds is 7. The van der Waals surface area contributed by atoms with Crippen molar-refractivity contribution < 1.29 is 42.0 Å². The van der Waals surface area contributed by atoms with Crippen molar-refractivity contribution in [3.63, 3.8) is 0 Å². The molecule has 0 aromatic heterocycles. The SMILES string of the molecule is COc1cc([N+](=O)[O-])ccc1N1C[C@@H](C(=O)OCC(=O)Nc2cccc(C(F)(F)F)c2)CC1=O. The summed E-state index contributed by atoms with van der Waals surface area (Å²) < 4.78 is 48.4. The van der Waals surface area contributed by atoms with Crippen LogP contribution in [0.3, 0.4) is 0 Å². The van der Waals surface area contributed by atoms with Gasteiger partial charge in [0.25, 0.3) is 11.6 Å². The molecule has 0 aliphatic carbocycles. The van der Waals surface area contributed by atoms with E-state index in [1.54, 1.807) is 0 Å². The van der Waals surface area contributed by atoms with Crippen LogP contribution < -0.4 is 15.0 Å². The van der Waals surface area contributed by atoms with E-state index in [1.807, 2.05) is 0 Å². The molecule has 0 bridgehead atoms. The summed E-state index contributed by atoms with van der Waals surface area (Å²) in [6.07, 6.45) is -4.81. The second-order valence-corrected chi connectivity index (χ2v) is 7.25. The van der Waals surface area contributed by atoms with Gasteiger partial charge in [0.05, 0.1) is 35.3 Å². The molecule has 1 atom stereocenters. The predicted octanol–water partition coefficient (Wildman–Crippen LogP) is 3.16. The van der Waals surface area contributed by atoms with Crippen LogP contribution in [0.4, 0.5) is 30.2 Å². The Balaban J connectivity index is 1.59. The molecule has 0 radical (unpaired) electrons. The summed E-state index contributed by atoms with van der Waals surface area (Å²) in [5.41, 5.74) is -1.08. The Labute approximate surface area is 190 Å². The molecule has 13 heteroatoms. The molecule has 2 aromatic rings. The number of hydrogen-bond donors (Lipinski definition) is 1. The Morgan fingerprint density at radius 1 is 1.24 bits per heavy atom. The maximum Gasteiger partial charge on any atom is 0.416 e. The summed E-state index contributed by atoms with van der Waals surface area (Å²) in [4.78, 5) is 48.3. The maximum atomic E-state index is 12.8. The molecule has 2 amide bonds. The summed E-state index contributed by atoms with van der Waals surface area (Å²) >= 11 is 0. The number of hydrogen-bond acceptors (Lipinski definition) is 7. The molecule has 1 aliphatic rings. The first-order valence-corrected chi connectivity index (χ1v) is 9.76. The van der Waals surface area contributed by atoms with Gasteiger partial charge in [0, 0.05) is 24.7 Å². The average molecular weight is 481 g/mol. The Kier molecular flexibility index (Phi) is 7.03. The third kappa shape index (κ3) is 5.60. The second-order valence-electron chi connectivity index (χ2n) is 7.25. The van der Waals surface area contributed by atoms with Gasteiger partial charge in [-0.3, -0.25) is 24.5 Å². The Bertz CT molecular complexity index is 1140. The van der Waals surface area contributed by atoms with Crippen molar-refractivity contribution >= 4 is 34.8 Å². The minimum atomic E-state index is -4.58. The molecule has 0 unspecified atom stereocenters. The molecule has 1 N–H and O–H groups in total. The first kappa shape index (κ1) is 24.5. The number of benzene rings is 2. The molecule has 34 heavy (non-hydrogen) atoms. The van der Waals surface area contributed by atoms with E-state index in [-0.39, 0.29) is 35.8 Å². The number of carbonyl (C=O) groups is 3. The first-order chi connectivity index (χ1) is 16.0. The van der Waals surface area contributed by atoms with Gasteiger partial charge in [-0.25, -0.2) is 0 Å². The summed E-state index contributed by atoms with van der Waals surface area (Å²) in [6.45, 7) is -0.873. The van der Waals surface area contributed by atoms with Gasteiger partial charge in [-0.1, -0.05) is 6.07 Å². The van der Waals surface area contributed by atoms with Crippen molar-refractivity contribution in [3.05, 3.63) is 58.1 Å². The molecule has 0 saturated carbocycles. The Morgan fingerprint density at radius 2 is 1.97 bits per heavy atom. The third-order valence-corrected chi connectivity index (χ3v) is 4.94. The maximum absolute atomic E-state index is 12.8. The number of carbonyl (C=O) groups excluding carboxylic acids is 3. The molecule has 180 valence electrons. The smallest absolute Gasteiger partial charge is 0.416 e. The minimum Gasteiger partial charge on any atom is -0.494 e. The topological polar surface area (TPSA) is 128 Å². The monoisotopic (exact) mass is 481 g/mol. The molecule has 0 spiro atoms. The van der Waals surface area contributed by atoms with Crippen molar-refractivity contribution in [2.75, 3.05) is 30.5 Å². The molecule has 3 rings (SSSR count). The van der Waals surface area contributed by atoms with Gasteiger partial charge >= 0.3 is 12.1 Å². The standard InChI is InChI=1S/C21H18F3N3O7/c1-33-17-9-15(27(31)32)5-6-16(17)26-10-12(7-19(26)29)20(30)34-11-18(28)25-14-4-2-3-13(8-14)21(22,23)24/h2-6,8-9,12H,7,10-11H2,1H3,(H,25,28)/t12-/m0/s1. The first-order valence-electron chi connectivity index (χ1n) is 9.76. The van der Waals surface area contributed by atoms with Crippen molar-refractivity contribution in [2.45, 2.75) is 12.6 Å². The van der Waals surface area contributed by atoms with Crippen LogP contribution >= 0.6 is 0 Å². The number of non-ortho nitro benzene ring substituents is 1. The molecular weight excluding hydrogens is 463 g/mol. The fourth-order valence-corrected chi connectivity index (χ4v) is 3.33. The van der Waals surface area contributed by atoms with E-state index in [0.29, 0.717) is 0 Å². The number of nitro benzene ring substituents is 1. The molecule has 1 fully saturated rings. The molecule has 10 nitrogen and oxygen atoms in total. The number of alkyl halides is 3. The zero-order valence-electron chi connectivity index (χ0n) is 17.6. The van der Waals surface area contributed by atoms with Gasteiger partial charge in [-0.2, -0.15) is 13.2 Å². The lowest BCUT2D eigenvalue weighted by molar-refractivity contribution is -0.384. The minimum absolute atomic E-state index is 0.0667. The highest BCUT2D eigenvalue weighted by Gasteiger charge is 2.38. The number of ether oxygens (including phenoxy) is 2. The number of halogens is 3. The zero-order valence-corrected chi connectivity index (χ0v) is 17.6. The van der Waals surface area contributed by atoms with E-state index < -0.39 is 47.0 Å². The van der Waals surface area contributed by atoms with E-state index in [1.165, 1.54) is 30.2 Å². The Hall–Kier alpha value is -4.16. The number of anilines is 2. The van der Waals surface area contributed by atoms with Crippen LogP contribution in [-0.4, -0.2) is 43.0 Å². The highest BCUT2D eigenvalue weighted by atomic mass is 19.4. The highest BCUT2D eigenvalue weighted by Crippen LogP contribution is 2.36. The van der Waals surface area contributed by atoms with E-state index in [2.05, 4.69) is 5.32 Å². The molecule has 1 heterocycles. The van der Waals surface area contributed by atoms with Crippen molar-refractivity contribution in [2.24, 2.45) is 5.92 Å². The van der Waals surface area contributed by atoms with Crippen LogP contribution in [0.25, 0.3) is 0 Å². The Morgan fingerprint density at radius 3 is 2.62 bits per heavy atom. The van der Waals surface area contributed by atoms with Crippen molar-refractivity contribution in [1.82, 2.24) is 0 Å². The molecule has 1 saturated heterocycles. The average Bonchev–Trinajstić information content (AvgIpc) is 3.18. The highest BCUT2D eigenvalue weighted by molar-refractivity contribution is 6.01. The predicted molar refractivity (Wildman–Crippen MR) is 111 cm³/mol. The van der Waals surface area contributed by atoms with Crippen LogP contribution in [0.5, 0.6) is 5.75 Å². The molecular formula is C21H18F3N3O7. The second kappa shape index (κ2) is 9.77. The fraction of sp³-hybridized carbons (Fsp3) is 0.286. The van der Waals surface area contributed by atoms with Gasteiger partial charge in [0.1, 0.15) is 5.75 Å². The van der Waals surface area contributed by atoms with E-state index >= 15 is 0 Å². The van der Waals surface area contributed by atoms with Gasteiger partial charge in [0.2, 0.25) is 5.91 Å². The molecule has 2 aromatic carbocycles. The van der Waals surface area contributed by atoms with Gasteiger partial charge in [-0.05, 0) is 24.3 Å². The summed E-state index contributed by atoms with van der Waals surface area (Å²) in [7, 11) is 1.28. The van der Waals surface area contributed by atoms with Crippen LogP contribution in [-0.2, 0) is 25.3 Å². The molecule has 1 aliphatic heterocycles. The summed E-state index contributed by atoms with van der Waals surface area (Å²) in [6, 6.07) is 7.62. The lowest BCUT2D eigenvalue weighted by Gasteiger charge is -2.19. The number of nitrogens with zero attached hydrogens (tertiary/aromatic N) is 2. The van der Waals surface area contributed by atoms with E-state index in [4.69, 9.17) is 9.47 Å². The van der Waals surface area contributed by atoms with Crippen LogP contribution in [0.2, 0.25) is 0 Å². The lowest BCUT2D eigenvalue weighted by atomic mass is 10.1. The number of esters is 1. The lowest BCUT2D eigenvalue weighted by Crippen LogP contribution is -2.28. The van der Waals surface area contributed by atoms with E-state index in [0.717, 1.165) is 24.3 Å². The number of methoxy groups -OCH3 is 1. The van der Waals surface area contributed by atoms with Gasteiger partial charge in [0.15, 0.2) is 6.61 Å². The van der Waals surface area contributed by atoms with Crippen molar-refractivity contribution in [1.29, 1.82) is 0 Å². The fourth-order valence-electron chi connectivity index (χ4n) is 3.33. The van der Waals surface area contributed by atoms with Gasteiger partial charge < -0.3 is 19.7 Å². The van der Waals surface area contributed by atoms with Crippen LogP contribution in [0.15, 0.2) is 42.5 Å². The van der Waals surface area contributed by atoms with E-state index in [9.17, 15) is 37.7 Å². The number of nitrogens with one attached hydrogen (secondary N) is 1. The quantitative estimate of drug-likeness (QED) is 0.366. The number of nitro groups is 1. The van der Waals surface area contributed by atoms with Crippen molar-refractivity contribution in [3.8, 4) is 5.75 Å². The van der Waals surface area contributed by atoms with Crippen LogP contribution in [0.1, 0.15) is 12.0 Å². The summed E-state index contributed by atoms with van der Waals surface area (Å²) in [5, 5.41) is 13.1. The largest absolute Gasteiger partial charge is 0.494 e. The summed E-state index contributed by atoms with van der Waals surface area (Å²) in [5.74, 6) is -3.02. The normalized spacial score (nSPS) is 15.7. The van der Waals surface area contributed by atoms with Crippen LogP contribution in [0, 0.1) is 16.0 Å². The van der Waals surface area contributed by atoms with Gasteiger partial charge in [-0.15, -0.1) is 0 Å². The number of amides is 2. The third-order valence-electron chi connectivity index (χ3n) is 4.94.